The summed E-state index contributed by atoms with van der Waals surface area (Å²) in [4.78, 5) is 29.9. The van der Waals surface area contributed by atoms with Gasteiger partial charge in [0.2, 0.25) is 5.88 Å². The van der Waals surface area contributed by atoms with Crippen molar-refractivity contribution in [3.8, 4) is 11.7 Å². The normalized spacial score (nSPS) is 20.5. The first-order chi connectivity index (χ1) is 22.5. The van der Waals surface area contributed by atoms with E-state index in [1.54, 1.807) is 12.1 Å². The van der Waals surface area contributed by atoms with E-state index >= 15 is 0 Å². The Balaban J connectivity index is 1.09. The smallest absolute Gasteiger partial charge is 0.407 e. The summed E-state index contributed by atoms with van der Waals surface area (Å²) in [5, 5.41) is 13.3. The Labute approximate surface area is 281 Å². The number of nitrogens with one attached hydrogen (secondary N) is 1. The number of unbranched alkanes of at least 4 members (excludes halogenated alkanes) is 1. The third-order valence-electron chi connectivity index (χ3n) is 8.94. The molecular formula is C32H37ClF3N5O6S. The summed E-state index contributed by atoms with van der Waals surface area (Å²) < 4.78 is 72.7. The van der Waals surface area contributed by atoms with Crippen LogP contribution in [0.3, 0.4) is 0 Å². The summed E-state index contributed by atoms with van der Waals surface area (Å²) in [5.74, 6) is -1.98. The number of carbonyl (C=O) groups is 2. The Morgan fingerprint density at radius 3 is 2.46 bits per heavy atom. The van der Waals surface area contributed by atoms with Gasteiger partial charge in [-0.3, -0.25) is 4.79 Å². The van der Waals surface area contributed by atoms with Gasteiger partial charge in [0, 0.05) is 24.3 Å². The van der Waals surface area contributed by atoms with E-state index in [2.05, 4.69) is 10.1 Å². The topological polar surface area (TPSA) is 144 Å². The van der Waals surface area contributed by atoms with Crippen molar-refractivity contribution in [2.24, 2.45) is 17.8 Å². The van der Waals surface area contributed by atoms with E-state index in [0.717, 1.165) is 37.7 Å². The van der Waals surface area contributed by atoms with Gasteiger partial charge in [0.1, 0.15) is 5.15 Å². The average Bonchev–Trinajstić information content (AvgIpc) is 3.53. The molecule has 3 aromatic rings. The van der Waals surface area contributed by atoms with Crippen LogP contribution in [0.15, 0.2) is 53.6 Å². The molecule has 3 atom stereocenters. The number of nitrogens with zero attached hydrogens (tertiary/aromatic N) is 4. The van der Waals surface area contributed by atoms with Crippen molar-refractivity contribution < 1.29 is 41.0 Å². The van der Waals surface area contributed by atoms with Gasteiger partial charge in [-0.15, -0.1) is 5.10 Å². The number of halogens is 4. The second kappa shape index (κ2) is 13.9. The third kappa shape index (κ3) is 8.59. The Kier molecular flexibility index (Phi) is 10.3. The predicted molar refractivity (Wildman–Crippen MR) is 170 cm³/mol. The molecule has 5 rings (SSSR count). The quantitative estimate of drug-likeness (QED) is 0.151. The first-order valence-corrected chi connectivity index (χ1v) is 17.5. The van der Waals surface area contributed by atoms with Gasteiger partial charge in [0.15, 0.2) is 5.82 Å². The fourth-order valence-corrected chi connectivity index (χ4v) is 7.47. The Hall–Kier alpha value is -3.85. The van der Waals surface area contributed by atoms with E-state index in [1.807, 2.05) is 18.6 Å². The van der Waals surface area contributed by atoms with Crippen molar-refractivity contribution in [3.63, 3.8) is 0 Å². The van der Waals surface area contributed by atoms with Crippen molar-refractivity contribution >= 4 is 33.6 Å². The number of sulfonamides is 1. The molecule has 2 fully saturated rings. The molecule has 1 saturated heterocycles. The number of hydrogen-bond acceptors (Lipinski definition) is 7. The summed E-state index contributed by atoms with van der Waals surface area (Å²) in [6.07, 6.45) is 1.05. The molecule has 16 heteroatoms. The first kappa shape index (κ1) is 35.5. The minimum absolute atomic E-state index is 0.0779. The molecule has 1 aromatic carbocycles. The molecule has 3 heterocycles. The van der Waals surface area contributed by atoms with Crippen molar-refractivity contribution in [1.82, 2.24) is 24.4 Å². The molecular weight excluding hydrogens is 675 g/mol. The van der Waals surface area contributed by atoms with Crippen LogP contribution in [0.4, 0.5) is 18.0 Å². The van der Waals surface area contributed by atoms with Gasteiger partial charge in [0.25, 0.3) is 15.9 Å². The van der Waals surface area contributed by atoms with Gasteiger partial charge in [-0.1, -0.05) is 30.2 Å². The first-order valence-electron chi connectivity index (χ1n) is 15.6. The second-order valence-electron chi connectivity index (χ2n) is 13.0. The molecule has 3 unspecified atom stereocenters. The van der Waals surface area contributed by atoms with Crippen LogP contribution in [-0.4, -0.2) is 70.1 Å². The van der Waals surface area contributed by atoms with E-state index in [9.17, 15) is 36.3 Å². The minimum Gasteiger partial charge on any atom is -0.477 e. The maximum absolute atomic E-state index is 12.9. The Bertz CT molecular complexity index is 1750. The van der Waals surface area contributed by atoms with Crippen LogP contribution >= 0.6 is 11.6 Å². The lowest BCUT2D eigenvalue weighted by Gasteiger charge is -2.28. The van der Waals surface area contributed by atoms with E-state index in [-0.39, 0.29) is 52.3 Å². The molecule has 260 valence electrons. The molecule has 2 aliphatic rings. The number of aryl methyl sites for hydroxylation is 1. The van der Waals surface area contributed by atoms with Gasteiger partial charge in [-0.2, -0.15) is 13.2 Å². The van der Waals surface area contributed by atoms with Crippen LogP contribution in [-0.2, 0) is 16.4 Å². The molecule has 1 aliphatic heterocycles. The summed E-state index contributed by atoms with van der Waals surface area (Å²) in [6.45, 7) is 4.50. The highest BCUT2D eigenvalue weighted by Crippen LogP contribution is 2.51. The second-order valence-corrected chi connectivity index (χ2v) is 15.0. The van der Waals surface area contributed by atoms with Crippen LogP contribution in [0, 0.1) is 17.8 Å². The lowest BCUT2D eigenvalue weighted by molar-refractivity contribution is -0.151. The molecule has 2 aromatic heterocycles. The van der Waals surface area contributed by atoms with Gasteiger partial charge in [-0.05, 0) is 94.0 Å². The van der Waals surface area contributed by atoms with Crippen molar-refractivity contribution in [1.29, 1.82) is 0 Å². The number of carbonyl (C=O) groups excluding carboxylic acids is 1. The van der Waals surface area contributed by atoms with Gasteiger partial charge >= 0.3 is 12.3 Å². The van der Waals surface area contributed by atoms with Crippen molar-refractivity contribution in [3.05, 3.63) is 64.9 Å². The summed E-state index contributed by atoms with van der Waals surface area (Å²) in [5.41, 5.74) is 0.396. The zero-order valence-corrected chi connectivity index (χ0v) is 28.0. The minimum atomic E-state index is -4.22. The molecule has 0 radical (unpaired) electrons. The lowest BCUT2D eigenvalue weighted by Crippen LogP contribution is -2.41. The summed E-state index contributed by atoms with van der Waals surface area (Å²) >= 11 is 6.23. The molecule has 1 saturated carbocycles. The SMILES string of the molecule is CC1(C)CC(CCCCc2ccc(S(=O)(=O)NC(=O)c3ccc(-n4ccc(OCCC5CC5C(F)(F)F)n4)nc3Cl)cc2)CN1C(=O)O. The van der Waals surface area contributed by atoms with Crippen LogP contribution in [0.1, 0.15) is 68.3 Å². The molecule has 2 amide bonds. The number of hydrogen-bond donors (Lipinski definition) is 2. The number of alkyl halides is 3. The number of carboxylic acid groups (broad SMARTS) is 1. The zero-order valence-electron chi connectivity index (χ0n) is 26.4. The van der Waals surface area contributed by atoms with Crippen LogP contribution in [0.5, 0.6) is 5.88 Å². The van der Waals surface area contributed by atoms with E-state index in [4.69, 9.17) is 16.3 Å². The molecule has 1 aliphatic carbocycles. The van der Waals surface area contributed by atoms with Crippen molar-refractivity contribution in [2.75, 3.05) is 13.2 Å². The number of pyridine rings is 1. The monoisotopic (exact) mass is 711 g/mol. The maximum Gasteiger partial charge on any atom is 0.407 e. The molecule has 11 nitrogen and oxygen atoms in total. The van der Waals surface area contributed by atoms with Crippen molar-refractivity contribution in [2.45, 2.75) is 75.4 Å². The highest BCUT2D eigenvalue weighted by molar-refractivity contribution is 7.90. The highest BCUT2D eigenvalue weighted by Gasteiger charge is 2.55. The fraction of sp³-hybridized carbons (Fsp3) is 0.500. The average molecular weight is 712 g/mol. The maximum atomic E-state index is 12.9. The molecule has 48 heavy (non-hydrogen) atoms. The van der Waals surface area contributed by atoms with Gasteiger partial charge in [0.05, 0.1) is 23.0 Å². The number of ether oxygens (including phenoxy) is 1. The predicted octanol–water partition coefficient (Wildman–Crippen LogP) is 6.50. The van der Waals surface area contributed by atoms with Crippen LogP contribution < -0.4 is 9.46 Å². The summed E-state index contributed by atoms with van der Waals surface area (Å²) in [7, 11) is -4.22. The zero-order chi connectivity index (χ0) is 34.9. The third-order valence-corrected chi connectivity index (χ3v) is 10.6. The number of benzene rings is 1. The van der Waals surface area contributed by atoms with Gasteiger partial charge in [-0.25, -0.2) is 27.6 Å². The van der Waals surface area contributed by atoms with E-state index in [1.165, 1.54) is 46.1 Å². The number of rotatable bonds is 13. The van der Waals surface area contributed by atoms with E-state index in [0.29, 0.717) is 12.5 Å². The number of amides is 2. The summed E-state index contributed by atoms with van der Waals surface area (Å²) in [6, 6.07) is 10.5. The van der Waals surface area contributed by atoms with Crippen LogP contribution in [0.2, 0.25) is 5.15 Å². The Morgan fingerprint density at radius 1 is 1.10 bits per heavy atom. The van der Waals surface area contributed by atoms with Gasteiger partial charge < -0.3 is 14.7 Å². The Morgan fingerprint density at radius 2 is 1.83 bits per heavy atom. The highest BCUT2D eigenvalue weighted by atomic mass is 35.5. The molecule has 2 N–H and O–H groups in total. The number of aromatic nitrogens is 3. The largest absolute Gasteiger partial charge is 0.477 e. The van der Waals surface area contributed by atoms with E-state index < -0.39 is 40.0 Å². The standard InChI is InChI=1S/C32H37ClF3N5O6S/c1-31(2)18-21(19-40(31)30(43)44)6-4-3-5-20-7-9-23(10-8-20)48(45,46)39-29(42)24-11-12-26(37-28(24)33)41-15-13-27(38-41)47-16-14-22-17-25(22)32(34,35)36/h7-13,15,21-22,25H,3-6,14,16-19H2,1-2H3,(H,39,42)(H,43,44). The van der Waals surface area contributed by atoms with Crippen LogP contribution in [0.25, 0.3) is 5.82 Å². The molecule has 0 spiro atoms. The number of likely N-dealkylation sites (tertiary alicyclic amines) is 1. The fourth-order valence-electron chi connectivity index (χ4n) is 6.27. The lowest BCUT2D eigenvalue weighted by atomic mass is 9.92. The molecule has 0 bridgehead atoms.